The zero-order valence-corrected chi connectivity index (χ0v) is 16.8. The SMILES string of the molecule is COc1ccc(C(=O)NNC(=S)NC(=O)c2cc([N+](=O)[O-])cc([N+](=O)[O-])c2)cc1OC. The molecule has 0 spiro atoms. The van der Waals surface area contributed by atoms with Gasteiger partial charge in [0, 0.05) is 17.7 Å². The zero-order valence-electron chi connectivity index (χ0n) is 16.0. The predicted molar refractivity (Wildman–Crippen MR) is 110 cm³/mol. The van der Waals surface area contributed by atoms with Crippen molar-refractivity contribution in [1.82, 2.24) is 16.2 Å². The Kier molecular flexibility index (Phi) is 7.35. The molecule has 0 aromatic heterocycles. The Balaban J connectivity index is 2.04. The number of amides is 2. The Morgan fingerprint density at radius 3 is 1.94 bits per heavy atom. The molecule has 0 atom stereocenters. The van der Waals surface area contributed by atoms with Crippen molar-refractivity contribution in [3.05, 3.63) is 67.8 Å². The van der Waals surface area contributed by atoms with Crippen LogP contribution in [0.2, 0.25) is 0 Å². The first kappa shape index (κ1) is 23.0. The number of nitrogens with one attached hydrogen (secondary N) is 3. The summed E-state index contributed by atoms with van der Waals surface area (Å²) >= 11 is 4.89. The van der Waals surface area contributed by atoms with Gasteiger partial charge >= 0.3 is 0 Å². The number of non-ortho nitro benzene ring substituents is 2. The molecule has 0 bridgehead atoms. The van der Waals surface area contributed by atoms with Gasteiger partial charge in [-0.25, -0.2) is 0 Å². The number of nitrogens with zero attached hydrogens (tertiary/aromatic N) is 2. The molecule has 2 aromatic rings. The van der Waals surface area contributed by atoms with Gasteiger partial charge in [0.05, 0.1) is 35.7 Å². The lowest BCUT2D eigenvalue weighted by atomic mass is 10.1. The first-order valence-corrected chi connectivity index (χ1v) is 8.64. The summed E-state index contributed by atoms with van der Waals surface area (Å²) in [4.78, 5) is 44.6. The Hall–Kier alpha value is -4.33. The lowest BCUT2D eigenvalue weighted by molar-refractivity contribution is -0.394. The van der Waals surface area contributed by atoms with Crippen molar-refractivity contribution in [2.45, 2.75) is 0 Å². The molecular weight excluding hydrogens is 434 g/mol. The second-order valence-electron chi connectivity index (χ2n) is 5.68. The molecule has 3 N–H and O–H groups in total. The molecule has 0 saturated carbocycles. The number of nitro benzene ring substituents is 2. The summed E-state index contributed by atoms with van der Waals surface area (Å²) in [5.74, 6) is -0.840. The van der Waals surface area contributed by atoms with E-state index in [0.717, 1.165) is 18.2 Å². The van der Waals surface area contributed by atoms with Gasteiger partial charge in [0.2, 0.25) is 0 Å². The van der Waals surface area contributed by atoms with Gasteiger partial charge in [0.1, 0.15) is 0 Å². The minimum absolute atomic E-state index is 0.189. The van der Waals surface area contributed by atoms with E-state index in [0.29, 0.717) is 11.5 Å². The summed E-state index contributed by atoms with van der Waals surface area (Å²) in [5, 5.41) is 23.6. The van der Waals surface area contributed by atoms with Crippen LogP contribution in [-0.2, 0) is 0 Å². The predicted octanol–water partition coefficient (Wildman–Crippen LogP) is 1.47. The smallest absolute Gasteiger partial charge is 0.277 e. The molecule has 2 rings (SSSR count). The lowest BCUT2D eigenvalue weighted by Crippen LogP contribution is -2.48. The van der Waals surface area contributed by atoms with Gasteiger partial charge in [-0.05, 0) is 30.4 Å². The van der Waals surface area contributed by atoms with Gasteiger partial charge in [-0.15, -0.1) is 0 Å². The highest BCUT2D eigenvalue weighted by Crippen LogP contribution is 2.27. The highest BCUT2D eigenvalue weighted by atomic mass is 32.1. The number of benzene rings is 2. The molecule has 0 saturated heterocycles. The summed E-state index contributed by atoms with van der Waals surface area (Å²) in [6.07, 6.45) is 0. The van der Waals surface area contributed by atoms with Crippen molar-refractivity contribution in [1.29, 1.82) is 0 Å². The number of hydrogen-bond acceptors (Lipinski definition) is 9. The van der Waals surface area contributed by atoms with Gasteiger partial charge in [-0.3, -0.25) is 46.0 Å². The van der Waals surface area contributed by atoms with E-state index in [9.17, 15) is 29.8 Å². The topological polar surface area (TPSA) is 175 Å². The van der Waals surface area contributed by atoms with Crippen molar-refractivity contribution in [2.24, 2.45) is 0 Å². The third-order valence-electron chi connectivity index (χ3n) is 3.75. The molecule has 31 heavy (non-hydrogen) atoms. The second kappa shape index (κ2) is 9.93. The van der Waals surface area contributed by atoms with Crippen LogP contribution in [0.25, 0.3) is 0 Å². The van der Waals surface area contributed by atoms with E-state index in [4.69, 9.17) is 21.7 Å². The van der Waals surface area contributed by atoms with Gasteiger partial charge in [-0.2, -0.15) is 0 Å². The Morgan fingerprint density at radius 2 is 1.42 bits per heavy atom. The molecule has 13 nitrogen and oxygen atoms in total. The fourth-order valence-corrected chi connectivity index (χ4v) is 2.45. The van der Waals surface area contributed by atoms with Crippen molar-refractivity contribution in [3.63, 3.8) is 0 Å². The number of hydrazine groups is 1. The molecule has 0 aliphatic carbocycles. The van der Waals surface area contributed by atoms with Crippen LogP contribution >= 0.6 is 12.2 Å². The van der Waals surface area contributed by atoms with Gasteiger partial charge in [-0.1, -0.05) is 0 Å². The summed E-state index contributed by atoms with van der Waals surface area (Å²) in [6, 6.07) is 6.82. The largest absolute Gasteiger partial charge is 0.493 e. The molecule has 0 aliphatic heterocycles. The second-order valence-corrected chi connectivity index (χ2v) is 6.09. The maximum atomic E-state index is 12.2. The van der Waals surface area contributed by atoms with Gasteiger partial charge in [0.15, 0.2) is 16.6 Å². The van der Waals surface area contributed by atoms with E-state index in [1.54, 1.807) is 0 Å². The minimum Gasteiger partial charge on any atom is -0.493 e. The standard InChI is InChI=1S/C17H15N5O8S/c1-29-13-4-3-9(7-14(13)30-2)16(24)19-20-17(31)18-15(23)10-5-11(21(25)26)8-12(6-10)22(27)28/h3-8H,1-2H3,(H,19,24)(H2,18,20,23,31). The van der Waals surface area contributed by atoms with E-state index in [2.05, 4.69) is 16.2 Å². The van der Waals surface area contributed by atoms with Gasteiger partial charge in [0.25, 0.3) is 23.2 Å². The summed E-state index contributed by atoms with van der Waals surface area (Å²) in [7, 11) is 2.84. The molecule has 0 aliphatic rings. The average molecular weight is 449 g/mol. The highest BCUT2D eigenvalue weighted by Gasteiger charge is 2.20. The van der Waals surface area contributed by atoms with Crippen LogP contribution in [0.1, 0.15) is 20.7 Å². The lowest BCUT2D eigenvalue weighted by Gasteiger charge is -2.12. The zero-order chi connectivity index (χ0) is 23.1. The minimum atomic E-state index is -0.954. The molecule has 162 valence electrons. The van der Waals surface area contributed by atoms with E-state index < -0.39 is 33.0 Å². The number of ether oxygens (including phenoxy) is 2. The normalized spacial score (nSPS) is 9.87. The number of rotatable bonds is 6. The summed E-state index contributed by atoms with van der Waals surface area (Å²) in [6.45, 7) is 0. The number of thiocarbonyl (C=S) groups is 1. The van der Waals surface area contributed by atoms with Crippen LogP contribution in [0, 0.1) is 20.2 Å². The van der Waals surface area contributed by atoms with Crippen LogP contribution in [0.4, 0.5) is 11.4 Å². The molecule has 2 aromatic carbocycles. The van der Waals surface area contributed by atoms with Crippen molar-refractivity contribution in [2.75, 3.05) is 14.2 Å². The molecular formula is C17H15N5O8S. The molecule has 0 radical (unpaired) electrons. The van der Waals surface area contributed by atoms with E-state index in [1.165, 1.54) is 32.4 Å². The van der Waals surface area contributed by atoms with E-state index in [1.807, 2.05) is 0 Å². The molecule has 14 heteroatoms. The van der Waals surface area contributed by atoms with Crippen LogP contribution in [0.5, 0.6) is 11.5 Å². The molecule has 0 heterocycles. The fraction of sp³-hybridized carbons (Fsp3) is 0.118. The van der Waals surface area contributed by atoms with Crippen LogP contribution in [0.3, 0.4) is 0 Å². The van der Waals surface area contributed by atoms with E-state index >= 15 is 0 Å². The number of nitro groups is 2. The van der Waals surface area contributed by atoms with Crippen molar-refractivity contribution < 1.29 is 28.9 Å². The van der Waals surface area contributed by atoms with Crippen molar-refractivity contribution in [3.8, 4) is 11.5 Å². The Bertz CT molecular complexity index is 1040. The number of hydrogen-bond donors (Lipinski definition) is 3. The third-order valence-corrected chi connectivity index (χ3v) is 3.95. The maximum absolute atomic E-state index is 12.2. The highest BCUT2D eigenvalue weighted by molar-refractivity contribution is 7.80. The Labute approximate surface area is 179 Å². The molecule has 0 fully saturated rings. The number of carbonyl (C=O) groups excluding carboxylic acids is 2. The van der Waals surface area contributed by atoms with Crippen LogP contribution in [-0.4, -0.2) is 41.0 Å². The first-order chi connectivity index (χ1) is 14.7. The number of carbonyl (C=O) groups is 2. The van der Waals surface area contributed by atoms with E-state index in [-0.39, 0.29) is 16.2 Å². The van der Waals surface area contributed by atoms with Gasteiger partial charge < -0.3 is 9.47 Å². The average Bonchev–Trinajstić information content (AvgIpc) is 2.76. The molecule has 2 amide bonds. The monoisotopic (exact) mass is 449 g/mol. The van der Waals surface area contributed by atoms with Crippen LogP contribution in [0.15, 0.2) is 36.4 Å². The first-order valence-electron chi connectivity index (χ1n) is 8.23. The fourth-order valence-electron chi connectivity index (χ4n) is 2.31. The quantitative estimate of drug-likeness (QED) is 0.333. The maximum Gasteiger partial charge on any atom is 0.277 e. The summed E-state index contributed by atoms with van der Waals surface area (Å²) in [5.41, 5.74) is 3.07. The number of methoxy groups -OCH3 is 2. The molecule has 0 unspecified atom stereocenters. The Morgan fingerprint density at radius 1 is 0.839 bits per heavy atom. The van der Waals surface area contributed by atoms with Crippen molar-refractivity contribution >= 4 is 40.5 Å². The van der Waals surface area contributed by atoms with Crippen LogP contribution < -0.4 is 25.6 Å². The third kappa shape index (κ3) is 5.83. The summed E-state index contributed by atoms with van der Waals surface area (Å²) < 4.78 is 10.2.